The summed E-state index contributed by atoms with van der Waals surface area (Å²) in [5, 5.41) is 3.27. The molecule has 3 heteroatoms. The van der Waals surface area contributed by atoms with Crippen LogP contribution >= 0.6 is 11.8 Å². The minimum atomic E-state index is -0.269. The van der Waals surface area contributed by atoms with E-state index in [0.717, 1.165) is 19.3 Å². The fraction of sp³-hybridized carbons (Fsp3) is 0.350. The van der Waals surface area contributed by atoms with Gasteiger partial charge in [0, 0.05) is 10.4 Å². The van der Waals surface area contributed by atoms with Crippen LogP contribution in [0.15, 0.2) is 65.6 Å². The molecule has 1 aliphatic carbocycles. The molecule has 0 aliphatic heterocycles. The van der Waals surface area contributed by atoms with Gasteiger partial charge in [-0.05, 0) is 50.8 Å². The lowest BCUT2D eigenvalue weighted by atomic mass is 9.94. The summed E-state index contributed by atoms with van der Waals surface area (Å²) in [4.78, 5) is 14.0. The van der Waals surface area contributed by atoms with Crippen LogP contribution in [-0.4, -0.2) is 16.2 Å². The van der Waals surface area contributed by atoms with Gasteiger partial charge in [0.05, 0.1) is 4.75 Å². The molecule has 0 saturated heterocycles. The number of carbonyl (C=O) groups is 1. The number of rotatable bonds is 6. The Hall–Kier alpha value is -1.74. The summed E-state index contributed by atoms with van der Waals surface area (Å²) in [5.74, 6) is 0.173. The molecule has 120 valence electrons. The van der Waals surface area contributed by atoms with Crippen molar-refractivity contribution in [3.63, 3.8) is 0 Å². The van der Waals surface area contributed by atoms with E-state index in [0.29, 0.717) is 0 Å². The summed E-state index contributed by atoms with van der Waals surface area (Å²) >= 11 is 1.70. The van der Waals surface area contributed by atoms with Gasteiger partial charge in [-0.2, -0.15) is 0 Å². The number of thioether (sulfide) groups is 1. The molecule has 1 N–H and O–H groups in total. The van der Waals surface area contributed by atoms with Gasteiger partial charge in [0.1, 0.15) is 0 Å². The Bertz CT molecular complexity index is 663. The molecule has 0 spiro atoms. The molecule has 23 heavy (non-hydrogen) atoms. The first-order valence-electron chi connectivity index (χ1n) is 8.10. The summed E-state index contributed by atoms with van der Waals surface area (Å²) in [6, 6.07) is 20.5. The Balaban J connectivity index is 1.64. The normalized spacial score (nSPS) is 15.9. The highest BCUT2D eigenvalue weighted by molar-refractivity contribution is 8.01. The van der Waals surface area contributed by atoms with E-state index in [-0.39, 0.29) is 16.2 Å². The molecule has 1 saturated carbocycles. The lowest BCUT2D eigenvalue weighted by Crippen LogP contribution is -2.49. The van der Waals surface area contributed by atoms with Gasteiger partial charge in [-0.25, -0.2) is 0 Å². The summed E-state index contributed by atoms with van der Waals surface area (Å²) in [6.07, 6.45) is 2.76. The topological polar surface area (TPSA) is 29.1 Å². The number of nitrogens with one attached hydrogen (secondary N) is 1. The average Bonchev–Trinajstić information content (AvgIpc) is 3.29. The Kier molecular flexibility index (Phi) is 4.49. The van der Waals surface area contributed by atoms with Gasteiger partial charge in [0.15, 0.2) is 0 Å². The molecule has 1 aliphatic rings. The number of amides is 1. The highest BCUT2D eigenvalue weighted by atomic mass is 32.2. The van der Waals surface area contributed by atoms with Crippen LogP contribution in [0.5, 0.6) is 0 Å². The van der Waals surface area contributed by atoms with Crippen molar-refractivity contribution in [1.29, 1.82) is 0 Å². The van der Waals surface area contributed by atoms with Crippen LogP contribution in [0.25, 0.3) is 0 Å². The second-order valence-electron chi connectivity index (χ2n) is 6.91. The molecule has 0 aromatic heterocycles. The molecular weight excluding hydrogens is 302 g/mol. The number of hydrogen-bond donors (Lipinski definition) is 1. The summed E-state index contributed by atoms with van der Waals surface area (Å²) in [6.45, 7) is 4.20. The SMILES string of the molecule is CC(C)(Cc1ccccc1)NC(=O)C1(Sc2ccccc2)CC1. The third-order valence-electron chi connectivity index (χ3n) is 4.12. The van der Waals surface area contributed by atoms with E-state index in [1.54, 1.807) is 11.8 Å². The van der Waals surface area contributed by atoms with E-state index >= 15 is 0 Å². The smallest absolute Gasteiger partial charge is 0.237 e. The molecule has 3 rings (SSSR count). The number of benzene rings is 2. The maximum Gasteiger partial charge on any atom is 0.237 e. The van der Waals surface area contributed by atoms with Crippen molar-refractivity contribution < 1.29 is 4.79 Å². The molecule has 2 aromatic carbocycles. The molecule has 0 heterocycles. The molecule has 2 aromatic rings. The van der Waals surface area contributed by atoms with Crippen LogP contribution in [-0.2, 0) is 11.2 Å². The molecular formula is C20H23NOS. The Morgan fingerprint density at radius 2 is 1.61 bits per heavy atom. The van der Waals surface area contributed by atoms with Crippen molar-refractivity contribution in [2.75, 3.05) is 0 Å². The van der Waals surface area contributed by atoms with E-state index in [4.69, 9.17) is 0 Å². The monoisotopic (exact) mass is 325 g/mol. The van der Waals surface area contributed by atoms with Gasteiger partial charge in [-0.1, -0.05) is 48.5 Å². The van der Waals surface area contributed by atoms with Crippen molar-refractivity contribution in [1.82, 2.24) is 5.32 Å². The van der Waals surface area contributed by atoms with Crippen LogP contribution in [0.4, 0.5) is 0 Å². The van der Waals surface area contributed by atoms with Gasteiger partial charge in [0.25, 0.3) is 0 Å². The van der Waals surface area contributed by atoms with Gasteiger partial charge >= 0.3 is 0 Å². The minimum Gasteiger partial charge on any atom is -0.350 e. The van der Waals surface area contributed by atoms with Crippen LogP contribution in [0.1, 0.15) is 32.3 Å². The van der Waals surface area contributed by atoms with Gasteiger partial charge in [-0.15, -0.1) is 11.8 Å². The van der Waals surface area contributed by atoms with Crippen LogP contribution in [0, 0.1) is 0 Å². The second kappa shape index (κ2) is 6.40. The summed E-state index contributed by atoms with van der Waals surface area (Å²) in [7, 11) is 0. The van der Waals surface area contributed by atoms with Crippen molar-refractivity contribution in [3.8, 4) is 0 Å². The second-order valence-corrected chi connectivity index (χ2v) is 8.37. The largest absolute Gasteiger partial charge is 0.350 e. The van der Waals surface area contributed by atoms with E-state index < -0.39 is 0 Å². The lowest BCUT2D eigenvalue weighted by molar-refractivity contribution is -0.122. The van der Waals surface area contributed by atoms with E-state index in [9.17, 15) is 4.79 Å². The fourth-order valence-corrected chi connectivity index (χ4v) is 3.97. The van der Waals surface area contributed by atoms with Crippen molar-refractivity contribution in [2.24, 2.45) is 0 Å². The maximum absolute atomic E-state index is 12.8. The zero-order valence-electron chi connectivity index (χ0n) is 13.7. The quantitative estimate of drug-likeness (QED) is 0.850. The first-order chi connectivity index (χ1) is 11.0. The van der Waals surface area contributed by atoms with Crippen molar-refractivity contribution >= 4 is 17.7 Å². The van der Waals surface area contributed by atoms with Crippen LogP contribution in [0.3, 0.4) is 0 Å². The minimum absolute atomic E-state index is 0.173. The first-order valence-corrected chi connectivity index (χ1v) is 8.91. The zero-order valence-corrected chi connectivity index (χ0v) is 14.5. The predicted molar refractivity (Wildman–Crippen MR) is 96.6 cm³/mol. The third kappa shape index (κ3) is 4.17. The molecule has 0 bridgehead atoms. The highest BCUT2D eigenvalue weighted by Gasteiger charge is 2.51. The van der Waals surface area contributed by atoms with Gasteiger partial charge < -0.3 is 5.32 Å². The fourth-order valence-electron chi connectivity index (χ4n) is 2.77. The summed E-state index contributed by atoms with van der Waals surface area (Å²) in [5.41, 5.74) is 1.00. The molecule has 1 amide bonds. The molecule has 0 radical (unpaired) electrons. The Morgan fingerprint density at radius 3 is 2.17 bits per heavy atom. The number of hydrogen-bond acceptors (Lipinski definition) is 2. The van der Waals surface area contributed by atoms with Crippen molar-refractivity contribution in [3.05, 3.63) is 66.2 Å². The predicted octanol–water partition coefficient (Wildman–Crippen LogP) is 4.45. The average molecular weight is 325 g/mol. The van der Waals surface area contributed by atoms with Crippen LogP contribution < -0.4 is 5.32 Å². The highest BCUT2D eigenvalue weighted by Crippen LogP contribution is 2.52. The summed E-state index contributed by atoms with van der Waals surface area (Å²) < 4.78 is -0.269. The molecule has 0 unspecified atom stereocenters. The van der Waals surface area contributed by atoms with Gasteiger partial charge in [0.2, 0.25) is 5.91 Å². The first kappa shape index (κ1) is 16.1. The van der Waals surface area contributed by atoms with E-state index in [2.05, 4.69) is 43.4 Å². The third-order valence-corrected chi connectivity index (χ3v) is 5.61. The van der Waals surface area contributed by atoms with Crippen LogP contribution in [0.2, 0.25) is 0 Å². The maximum atomic E-state index is 12.8. The van der Waals surface area contributed by atoms with E-state index in [1.165, 1.54) is 10.5 Å². The molecule has 1 fully saturated rings. The zero-order chi connectivity index (χ0) is 16.3. The van der Waals surface area contributed by atoms with E-state index in [1.807, 2.05) is 36.4 Å². The van der Waals surface area contributed by atoms with Crippen molar-refractivity contribution in [2.45, 2.75) is 48.3 Å². The Morgan fingerprint density at radius 1 is 1.04 bits per heavy atom. The molecule has 0 atom stereocenters. The standard InChI is InChI=1S/C20H23NOS/c1-19(2,15-16-9-5-3-6-10-16)21-18(22)20(13-14-20)23-17-11-7-4-8-12-17/h3-12H,13-15H2,1-2H3,(H,21,22). The molecule has 2 nitrogen and oxygen atoms in total. The Labute approximate surface area is 142 Å². The lowest BCUT2D eigenvalue weighted by Gasteiger charge is -2.29. The number of carbonyl (C=O) groups excluding carboxylic acids is 1. The van der Waals surface area contributed by atoms with Gasteiger partial charge in [-0.3, -0.25) is 4.79 Å².